The van der Waals surface area contributed by atoms with Crippen LogP contribution >= 0.6 is 0 Å². The zero-order valence-electron chi connectivity index (χ0n) is 12.4. The van der Waals surface area contributed by atoms with Gasteiger partial charge in [0.15, 0.2) is 0 Å². The molecule has 0 fully saturated rings. The maximum absolute atomic E-state index is 5.43. The topological polar surface area (TPSA) is 27.1 Å². The minimum atomic E-state index is 0.597. The Morgan fingerprint density at radius 1 is 0.783 bits per heavy atom. The summed E-state index contributed by atoms with van der Waals surface area (Å²) in [6.07, 6.45) is 0. The summed E-state index contributed by atoms with van der Waals surface area (Å²) in [6, 6.07) is 25.8. The summed E-state index contributed by atoms with van der Waals surface area (Å²) in [6.45, 7) is 0. The van der Waals surface area contributed by atoms with Gasteiger partial charge in [-0.25, -0.2) is 4.98 Å². The lowest BCUT2D eigenvalue weighted by Crippen LogP contribution is -1.99. The number of fused-ring (bicyclic) bond motifs is 1. The molecule has 3 nitrogen and oxygen atoms in total. The van der Waals surface area contributed by atoms with Gasteiger partial charge in [0.05, 0.1) is 16.6 Å². The molecule has 1 heterocycles. The first-order chi connectivity index (χ1) is 11.4. The zero-order valence-corrected chi connectivity index (χ0v) is 12.4. The Morgan fingerprint density at radius 3 is 2.30 bits per heavy atom. The fraction of sp³-hybridized carbons (Fsp3) is 0. The van der Waals surface area contributed by atoms with Crippen LogP contribution in [0.5, 0.6) is 5.75 Å². The van der Waals surface area contributed by atoms with Gasteiger partial charge in [-0.2, -0.15) is 0 Å². The van der Waals surface area contributed by atoms with E-state index in [4.69, 9.17) is 17.7 Å². The second-order valence-electron chi connectivity index (χ2n) is 5.21. The molecule has 108 valence electrons. The summed E-state index contributed by atoms with van der Waals surface area (Å²) in [5, 5.41) is 0. The number of nitrogens with zero attached hydrogens (tertiary/aromatic N) is 2. The third kappa shape index (κ3) is 2.29. The number of aromatic nitrogens is 2. The molecule has 0 aliphatic heterocycles. The summed E-state index contributed by atoms with van der Waals surface area (Å²) >= 11 is 0. The van der Waals surface area contributed by atoms with Crippen LogP contribution in [0.15, 0.2) is 78.9 Å². The SMILES string of the molecule is [B]Oc1ccccc1-c1nc2ccccc2n1-c1ccccc1. The summed E-state index contributed by atoms with van der Waals surface area (Å²) in [5.41, 5.74) is 3.87. The van der Waals surface area contributed by atoms with Crippen LogP contribution in [0.4, 0.5) is 0 Å². The molecule has 2 radical (unpaired) electrons. The van der Waals surface area contributed by atoms with E-state index >= 15 is 0 Å². The van der Waals surface area contributed by atoms with E-state index in [9.17, 15) is 0 Å². The van der Waals surface area contributed by atoms with Crippen LogP contribution in [0, 0.1) is 0 Å². The second kappa shape index (κ2) is 5.65. The maximum Gasteiger partial charge on any atom is 0.374 e. The fourth-order valence-corrected chi connectivity index (χ4v) is 2.80. The molecule has 0 spiro atoms. The van der Waals surface area contributed by atoms with E-state index in [0.717, 1.165) is 28.1 Å². The lowest BCUT2D eigenvalue weighted by Gasteiger charge is -2.12. The zero-order chi connectivity index (χ0) is 15.6. The Kier molecular flexibility index (Phi) is 3.35. The first-order valence-electron chi connectivity index (χ1n) is 7.37. The summed E-state index contributed by atoms with van der Waals surface area (Å²) in [4.78, 5) is 4.80. The number of para-hydroxylation sites is 4. The van der Waals surface area contributed by atoms with Gasteiger partial charge in [-0.1, -0.05) is 42.5 Å². The molecule has 0 N–H and O–H groups in total. The third-order valence-corrected chi connectivity index (χ3v) is 3.83. The molecule has 0 amide bonds. The quantitative estimate of drug-likeness (QED) is 0.531. The smallest absolute Gasteiger partial charge is 0.374 e. The van der Waals surface area contributed by atoms with Crippen molar-refractivity contribution >= 4 is 19.1 Å². The van der Waals surface area contributed by atoms with E-state index in [1.165, 1.54) is 0 Å². The number of hydrogen-bond acceptors (Lipinski definition) is 2. The first kappa shape index (κ1) is 13.6. The Labute approximate surface area is 135 Å². The number of hydrogen-bond donors (Lipinski definition) is 0. The molecule has 0 saturated carbocycles. The van der Waals surface area contributed by atoms with Crippen molar-refractivity contribution in [2.24, 2.45) is 0 Å². The number of imidazole rings is 1. The van der Waals surface area contributed by atoms with Gasteiger partial charge >= 0.3 is 8.05 Å². The lowest BCUT2D eigenvalue weighted by atomic mass is 10.1. The van der Waals surface area contributed by atoms with E-state index < -0.39 is 0 Å². The Morgan fingerprint density at radius 2 is 1.48 bits per heavy atom. The van der Waals surface area contributed by atoms with Gasteiger partial charge in [0.1, 0.15) is 11.6 Å². The summed E-state index contributed by atoms with van der Waals surface area (Å²) in [7, 11) is 5.43. The highest BCUT2D eigenvalue weighted by atomic mass is 16.4. The predicted molar refractivity (Wildman–Crippen MR) is 92.9 cm³/mol. The molecule has 1 aromatic heterocycles. The van der Waals surface area contributed by atoms with Crippen molar-refractivity contribution in [3.05, 3.63) is 78.9 Å². The average Bonchev–Trinajstić information content (AvgIpc) is 3.01. The van der Waals surface area contributed by atoms with Crippen molar-refractivity contribution in [3.8, 4) is 22.8 Å². The molecule has 0 bridgehead atoms. The number of benzene rings is 3. The van der Waals surface area contributed by atoms with Crippen molar-refractivity contribution in [2.45, 2.75) is 0 Å². The van der Waals surface area contributed by atoms with Crippen molar-refractivity contribution in [3.63, 3.8) is 0 Å². The molecule has 4 heteroatoms. The molecule has 4 rings (SSSR count). The van der Waals surface area contributed by atoms with Crippen LogP contribution in [-0.4, -0.2) is 17.6 Å². The summed E-state index contributed by atoms with van der Waals surface area (Å²) < 4.78 is 7.15. The second-order valence-corrected chi connectivity index (χ2v) is 5.21. The minimum Gasteiger partial charge on any atom is -0.567 e. The fourth-order valence-electron chi connectivity index (χ4n) is 2.80. The molecular formula is C19H13BN2O. The standard InChI is InChI=1S/C19H13BN2O/c20-23-18-13-7-4-10-15(18)19-21-16-11-5-6-12-17(16)22(19)14-8-2-1-3-9-14/h1-13H. The van der Waals surface area contributed by atoms with Gasteiger partial charge in [-0.15, -0.1) is 0 Å². The highest BCUT2D eigenvalue weighted by molar-refractivity contribution is 6.00. The largest absolute Gasteiger partial charge is 0.567 e. The van der Waals surface area contributed by atoms with Gasteiger partial charge in [0.2, 0.25) is 0 Å². The van der Waals surface area contributed by atoms with E-state index in [0.29, 0.717) is 5.75 Å². The van der Waals surface area contributed by atoms with Crippen LogP contribution in [0.25, 0.3) is 28.1 Å². The van der Waals surface area contributed by atoms with E-state index in [1.807, 2.05) is 60.7 Å². The van der Waals surface area contributed by atoms with E-state index in [-0.39, 0.29) is 0 Å². The van der Waals surface area contributed by atoms with Crippen molar-refractivity contribution in [1.82, 2.24) is 9.55 Å². The van der Waals surface area contributed by atoms with Gasteiger partial charge in [0.25, 0.3) is 0 Å². The molecule has 23 heavy (non-hydrogen) atoms. The Bertz CT molecular complexity index is 963. The van der Waals surface area contributed by atoms with Crippen LogP contribution < -0.4 is 4.65 Å². The van der Waals surface area contributed by atoms with Gasteiger partial charge < -0.3 is 4.65 Å². The van der Waals surface area contributed by atoms with Crippen molar-refractivity contribution < 1.29 is 4.65 Å². The lowest BCUT2D eigenvalue weighted by molar-refractivity contribution is 0.617. The van der Waals surface area contributed by atoms with Crippen LogP contribution in [0.3, 0.4) is 0 Å². The summed E-state index contributed by atoms with van der Waals surface area (Å²) in [5.74, 6) is 1.40. The van der Waals surface area contributed by atoms with Crippen molar-refractivity contribution in [2.75, 3.05) is 0 Å². The molecule has 0 aliphatic carbocycles. The minimum absolute atomic E-state index is 0.597. The molecule has 3 aromatic carbocycles. The molecular weight excluding hydrogens is 283 g/mol. The highest BCUT2D eigenvalue weighted by Crippen LogP contribution is 2.33. The average molecular weight is 296 g/mol. The number of rotatable bonds is 3. The maximum atomic E-state index is 5.43. The molecule has 0 aliphatic rings. The molecule has 4 aromatic rings. The Balaban J connectivity index is 2.07. The van der Waals surface area contributed by atoms with Crippen LogP contribution in [-0.2, 0) is 0 Å². The van der Waals surface area contributed by atoms with E-state index in [2.05, 4.69) is 22.8 Å². The van der Waals surface area contributed by atoms with Crippen molar-refractivity contribution in [1.29, 1.82) is 0 Å². The highest BCUT2D eigenvalue weighted by Gasteiger charge is 2.16. The molecule has 0 unspecified atom stereocenters. The third-order valence-electron chi connectivity index (χ3n) is 3.83. The molecule has 0 saturated heterocycles. The predicted octanol–water partition coefficient (Wildman–Crippen LogP) is 4.15. The van der Waals surface area contributed by atoms with Gasteiger partial charge in [0, 0.05) is 5.69 Å². The monoisotopic (exact) mass is 296 g/mol. The Hall–Kier alpha value is -3.01. The van der Waals surface area contributed by atoms with E-state index in [1.54, 1.807) is 0 Å². The normalized spacial score (nSPS) is 10.8. The van der Waals surface area contributed by atoms with Crippen LogP contribution in [0.2, 0.25) is 0 Å². The first-order valence-corrected chi connectivity index (χ1v) is 7.37. The van der Waals surface area contributed by atoms with Crippen LogP contribution in [0.1, 0.15) is 0 Å². The molecule has 0 atom stereocenters. The van der Waals surface area contributed by atoms with Gasteiger partial charge in [-0.3, -0.25) is 4.57 Å². The van der Waals surface area contributed by atoms with Gasteiger partial charge in [-0.05, 0) is 36.4 Å².